The van der Waals surface area contributed by atoms with Gasteiger partial charge in [0.05, 0.1) is 20.9 Å². The average Bonchev–Trinajstić information content (AvgIpc) is 3.80. The van der Waals surface area contributed by atoms with Crippen LogP contribution < -0.4 is 16.4 Å². The van der Waals surface area contributed by atoms with Crippen molar-refractivity contribution in [1.82, 2.24) is 9.97 Å². The second-order valence-corrected chi connectivity index (χ2v) is 17.2. The van der Waals surface area contributed by atoms with Crippen molar-refractivity contribution in [3.8, 4) is 0 Å². The summed E-state index contributed by atoms with van der Waals surface area (Å²) in [6.45, 7) is 0. The Kier molecular flexibility index (Phi) is 11.3. The summed E-state index contributed by atoms with van der Waals surface area (Å²) in [5, 5.41) is 9.26. The molecule has 4 N–H and O–H groups in total. The predicted octanol–water partition coefficient (Wildman–Crippen LogP) is 13.5. The Balaban J connectivity index is 1.25. The summed E-state index contributed by atoms with van der Waals surface area (Å²) in [6.07, 6.45) is 0.638. The standard InChI is InChI=1S/C58H47N5S/c59-55-50(49(42-24-8-1-9-25-42)41-54-60-51-38-22-23-39-52(51)64-54)40-53(62-57(43-26-10-2-11-27-43,44-28-12-3-13-29-44)45-30-14-4-15-31-45)61-56(55)63-58(46-32-16-5-17-33-46,47-34-18-6-19-35-47)48-36-20-7-21-37-48/h1-40,49H,41,59H2,(H2,61,62,63). The fraction of sp³-hybridized carbons (Fsp3) is 0.0690. The van der Waals surface area contributed by atoms with Crippen molar-refractivity contribution < 1.29 is 0 Å². The van der Waals surface area contributed by atoms with Crippen molar-refractivity contribution in [3.05, 3.63) is 292 Å². The van der Waals surface area contributed by atoms with Crippen molar-refractivity contribution >= 4 is 38.9 Å². The van der Waals surface area contributed by atoms with E-state index in [4.69, 9.17) is 15.7 Å². The monoisotopic (exact) mass is 845 g/mol. The summed E-state index contributed by atoms with van der Waals surface area (Å²) in [7, 11) is 0. The molecule has 0 saturated carbocycles. The zero-order valence-electron chi connectivity index (χ0n) is 35.3. The Morgan fingerprint density at radius 1 is 0.438 bits per heavy atom. The van der Waals surface area contributed by atoms with E-state index in [1.165, 1.54) is 0 Å². The molecule has 0 saturated heterocycles. The lowest BCUT2D eigenvalue weighted by Crippen LogP contribution is -2.40. The van der Waals surface area contributed by atoms with Crippen molar-refractivity contribution in [2.75, 3.05) is 16.4 Å². The van der Waals surface area contributed by atoms with E-state index in [1.54, 1.807) is 11.3 Å². The Hall–Kier alpha value is -7.80. The number of nitrogen functional groups attached to an aromatic ring is 1. The predicted molar refractivity (Wildman–Crippen MR) is 266 cm³/mol. The van der Waals surface area contributed by atoms with E-state index in [1.807, 2.05) is 6.07 Å². The minimum absolute atomic E-state index is 0.176. The normalized spacial score (nSPS) is 12.1. The molecule has 10 aromatic rings. The highest BCUT2D eigenvalue weighted by Crippen LogP contribution is 2.46. The first-order chi connectivity index (χ1) is 31.6. The smallest absolute Gasteiger partial charge is 0.153 e. The first-order valence-corrected chi connectivity index (χ1v) is 22.5. The van der Waals surface area contributed by atoms with Gasteiger partial charge in [0.25, 0.3) is 0 Å². The lowest BCUT2D eigenvalue weighted by Gasteiger charge is -2.39. The largest absolute Gasteiger partial charge is 0.395 e. The van der Waals surface area contributed by atoms with Gasteiger partial charge in [-0.1, -0.05) is 224 Å². The number of nitrogens with two attached hydrogens (primary N) is 1. The number of fused-ring (bicyclic) bond motifs is 1. The van der Waals surface area contributed by atoms with Crippen molar-refractivity contribution in [3.63, 3.8) is 0 Å². The summed E-state index contributed by atoms with van der Waals surface area (Å²) in [5.41, 5.74) is 15.9. The van der Waals surface area contributed by atoms with Crippen LogP contribution in [0, 0.1) is 0 Å². The SMILES string of the molecule is Nc1c(C(Cc2nc3ccccc3s2)c2ccccc2)cc(NC(c2ccccc2)(c2ccccc2)c2ccccc2)nc1NC(c1ccccc1)(c1ccccc1)c1ccccc1. The minimum Gasteiger partial charge on any atom is -0.395 e. The molecule has 0 spiro atoms. The summed E-state index contributed by atoms with van der Waals surface area (Å²) >= 11 is 1.73. The van der Waals surface area contributed by atoms with E-state index in [2.05, 4.69) is 247 Å². The molecular formula is C58H47N5S. The van der Waals surface area contributed by atoms with E-state index in [-0.39, 0.29) is 5.92 Å². The van der Waals surface area contributed by atoms with Crippen LogP contribution in [0.4, 0.5) is 17.3 Å². The number of anilines is 3. The third-order valence-electron chi connectivity index (χ3n) is 12.2. The molecule has 0 amide bonds. The molecule has 2 heterocycles. The molecular weight excluding hydrogens is 799 g/mol. The molecule has 0 aliphatic heterocycles. The van der Waals surface area contributed by atoms with Crippen LogP contribution in [0.5, 0.6) is 0 Å². The molecule has 0 aliphatic carbocycles. The van der Waals surface area contributed by atoms with Crippen LogP contribution in [-0.2, 0) is 17.5 Å². The quantitative estimate of drug-likeness (QED) is 0.0951. The molecule has 1 unspecified atom stereocenters. The Labute approximate surface area is 379 Å². The van der Waals surface area contributed by atoms with E-state index in [0.29, 0.717) is 23.7 Å². The molecule has 10 rings (SSSR count). The number of pyridine rings is 1. The maximum atomic E-state index is 7.69. The molecule has 0 fully saturated rings. The summed E-state index contributed by atoms with van der Waals surface area (Å²) in [5.74, 6) is 1.05. The molecule has 64 heavy (non-hydrogen) atoms. The Morgan fingerprint density at radius 3 is 1.23 bits per heavy atom. The van der Waals surface area contributed by atoms with Gasteiger partial charge < -0.3 is 16.4 Å². The average molecular weight is 846 g/mol. The number of rotatable bonds is 14. The second-order valence-electron chi connectivity index (χ2n) is 16.0. The van der Waals surface area contributed by atoms with E-state index in [0.717, 1.165) is 59.7 Å². The first kappa shape index (κ1) is 40.3. The van der Waals surface area contributed by atoms with Gasteiger partial charge in [0.15, 0.2) is 5.82 Å². The second kappa shape index (κ2) is 17.9. The van der Waals surface area contributed by atoms with Gasteiger partial charge in [-0.3, -0.25) is 0 Å². The molecule has 0 bridgehead atoms. The lowest BCUT2D eigenvalue weighted by molar-refractivity contribution is 0.696. The van der Waals surface area contributed by atoms with Gasteiger partial charge in [-0.2, -0.15) is 0 Å². The topological polar surface area (TPSA) is 75.9 Å². The van der Waals surface area contributed by atoms with Crippen LogP contribution in [0.25, 0.3) is 10.2 Å². The van der Waals surface area contributed by atoms with Gasteiger partial charge in [-0.25, -0.2) is 9.97 Å². The zero-order valence-corrected chi connectivity index (χ0v) is 36.1. The molecule has 8 aromatic carbocycles. The van der Waals surface area contributed by atoms with E-state index in [9.17, 15) is 0 Å². The summed E-state index contributed by atoms with van der Waals surface area (Å²) in [4.78, 5) is 10.8. The highest BCUT2D eigenvalue weighted by atomic mass is 32.1. The third kappa shape index (κ3) is 7.69. The number of benzene rings is 8. The fourth-order valence-electron chi connectivity index (χ4n) is 9.23. The molecule has 6 heteroatoms. The van der Waals surface area contributed by atoms with Gasteiger partial charge in [-0.15, -0.1) is 11.3 Å². The number of nitrogens with zero attached hydrogens (tertiary/aromatic N) is 2. The van der Waals surface area contributed by atoms with Crippen molar-refractivity contribution in [1.29, 1.82) is 0 Å². The van der Waals surface area contributed by atoms with E-state index < -0.39 is 11.1 Å². The number of nitrogens with one attached hydrogen (secondary N) is 2. The van der Waals surface area contributed by atoms with Gasteiger partial charge in [0, 0.05) is 12.3 Å². The maximum absolute atomic E-state index is 7.69. The van der Waals surface area contributed by atoms with Crippen LogP contribution in [-0.4, -0.2) is 9.97 Å². The molecule has 0 aliphatic rings. The molecule has 310 valence electrons. The molecule has 2 aromatic heterocycles. The fourth-order valence-corrected chi connectivity index (χ4v) is 10.2. The highest BCUT2D eigenvalue weighted by Gasteiger charge is 2.40. The first-order valence-electron chi connectivity index (χ1n) is 21.7. The minimum atomic E-state index is -0.897. The van der Waals surface area contributed by atoms with Crippen LogP contribution in [0.3, 0.4) is 0 Å². The number of thiazole rings is 1. The number of aromatic nitrogens is 2. The van der Waals surface area contributed by atoms with Crippen LogP contribution in [0.15, 0.2) is 243 Å². The molecule has 5 nitrogen and oxygen atoms in total. The highest BCUT2D eigenvalue weighted by molar-refractivity contribution is 7.18. The molecule has 1 atom stereocenters. The summed E-state index contributed by atoms with van der Waals surface area (Å²) in [6, 6.07) is 84.9. The van der Waals surface area contributed by atoms with Crippen LogP contribution in [0.2, 0.25) is 0 Å². The van der Waals surface area contributed by atoms with Gasteiger partial charge in [0.1, 0.15) is 16.9 Å². The van der Waals surface area contributed by atoms with Gasteiger partial charge in [0.2, 0.25) is 0 Å². The number of hydrogen-bond acceptors (Lipinski definition) is 6. The van der Waals surface area contributed by atoms with E-state index >= 15 is 0 Å². The van der Waals surface area contributed by atoms with Crippen LogP contribution >= 0.6 is 11.3 Å². The van der Waals surface area contributed by atoms with Gasteiger partial charge >= 0.3 is 0 Å². The maximum Gasteiger partial charge on any atom is 0.153 e. The third-order valence-corrected chi connectivity index (χ3v) is 13.3. The Bertz CT molecular complexity index is 2850. The number of para-hydroxylation sites is 1. The lowest BCUT2D eigenvalue weighted by atomic mass is 9.76. The zero-order chi connectivity index (χ0) is 43.2. The Morgan fingerprint density at radius 2 is 0.812 bits per heavy atom. The van der Waals surface area contributed by atoms with Gasteiger partial charge in [-0.05, 0) is 62.7 Å². The van der Waals surface area contributed by atoms with Crippen molar-refractivity contribution in [2.45, 2.75) is 23.4 Å². The summed E-state index contributed by atoms with van der Waals surface area (Å²) < 4.78 is 1.16. The number of hydrogen-bond donors (Lipinski definition) is 3. The van der Waals surface area contributed by atoms with Crippen molar-refractivity contribution in [2.24, 2.45) is 0 Å². The van der Waals surface area contributed by atoms with Crippen LogP contribution in [0.1, 0.15) is 55.4 Å². The molecule has 0 radical (unpaired) electrons.